The van der Waals surface area contributed by atoms with Crippen LogP contribution in [0.4, 0.5) is 0 Å². The van der Waals surface area contributed by atoms with Gasteiger partial charge < -0.3 is 5.32 Å². The van der Waals surface area contributed by atoms with Crippen LogP contribution >= 0.6 is 0 Å². The van der Waals surface area contributed by atoms with Gasteiger partial charge in [-0.15, -0.1) is 0 Å². The van der Waals surface area contributed by atoms with Crippen molar-refractivity contribution >= 4 is 0 Å². The SMILES string of the molecule is Cc1nc(C(C)C)nn1C1CCNCC1. The molecule has 0 aromatic carbocycles. The zero-order valence-electron chi connectivity index (χ0n) is 9.82. The van der Waals surface area contributed by atoms with E-state index in [4.69, 9.17) is 0 Å². The van der Waals surface area contributed by atoms with Gasteiger partial charge >= 0.3 is 0 Å². The first kappa shape index (κ1) is 10.6. The Labute approximate surface area is 91.1 Å². The van der Waals surface area contributed by atoms with E-state index in [0.717, 1.165) is 24.7 Å². The number of nitrogens with one attached hydrogen (secondary N) is 1. The van der Waals surface area contributed by atoms with Crippen molar-refractivity contribution in [2.24, 2.45) is 0 Å². The lowest BCUT2D eigenvalue weighted by Crippen LogP contribution is -2.30. The molecule has 1 aliphatic rings. The summed E-state index contributed by atoms with van der Waals surface area (Å²) in [6.45, 7) is 8.53. The maximum atomic E-state index is 4.61. The van der Waals surface area contributed by atoms with Gasteiger partial charge in [-0.2, -0.15) is 5.10 Å². The minimum Gasteiger partial charge on any atom is -0.317 e. The third kappa shape index (κ3) is 2.20. The molecular formula is C11H20N4. The fourth-order valence-electron chi connectivity index (χ4n) is 2.06. The molecule has 0 atom stereocenters. The summed E-state index contributed by atoms with van der Waals surface area (Å²) in [6.07, 6.45) is 2.34. The molecule has 2 rings (SSSR count). The topological polar surface area (TPSA) is 42.7 Å². The highest BCUT2D eigenvalue weighted by molar-refractivity contribution is 4.97. The molecule has 0 saturated carbocycles. The zero-order chi connectivity index (χ0) is 10.8. The molecule has 1 fully saturated rings. The summed E-state index contributed by atoms with van der Waals surface area (Å²) in [5.74, 6) is 2.46. The van der Waals surface area contributed by atoms with Crippen molar-refractivity contribution in [3.63, 3.8) is 0 Å². The fourth-order valence-corrected chi connectivity index (χ4v) is 2.06. The van der Waals surface area contributed by atoms with E-state index in [1.54, 1.807) is 0 Å². The summed E-state index contributed by atoms with van der Waals surface area (Å²) in [5.41, 5.74) is 0. The third-order valence-electron chi connectivity index (χ3n) is 2.99. The molecule has 0 spiro atoms. The number of aryl methyl sites for hydroxylation is 1. The molecule has 15 heavy (non-hydrogen) atoms. The van der Waals surface area contributed by atoms with Gasteiger partial charge in [0.15, 0.2) is 5.82 Å². The Kier molecular flexibility index (Phi) is 3.05. The fraction of sp³-hybridized carbons (Fsp3) is 0.818. The van der Waals surface area contributed by atoms with Gasteiger partial charge in [-0.05, 0) is 32.9 Å². The number of rotatable bonds is 2. The predicted octanol–water partition coefficient (Wildman–Crippen LogP) is 1.63. The Balaban J connectivity index is 2.19. The molecule has 2 heterocycles. The Morgan fingerprint density at radius 1 is 1.33 bits per heavy atom. The summed E-state index contributed by atoms with van der Waals surface area (Å²) >= 11 is 0. The molecule has 1 aromatic rings. The Morgan fingerprint density at radius 2 is 2.00 bits per heavy atom. The lowest BCUT2D eigenvalue weighted by Gasteiger charge is -2.23. The van der Waals surface area contributed by atoms with E-state index in [1.165, 1.54) is 12.8 Å². The lowest BCUT2D eigenvalue weighted by molar-refractivity contribution is 0.335. The molecule has 1 aromatic heterocycles. The van der Waals surface area contributed by atoms with Gasteiger partial charge in [0.2, 0.25) is 0 Å². The zero-order valence-corrected chi connectivity index (χ0v) is 9.82. The molecule has 0 aliphatic carbocycles. The van der Waals surface area contributed by atoms with Crippen LogP contribution in [-0.2, 0) is 0 Å². The predicted molar refractivity (Wildman–Crippen MR) is 60.0 cm³/mol. The van der Waals surface area contributed by atoms with Crippen LogP contribution in [0.15, 0.2) is 0 Å². The van der Waals surface area contributed by atoms with Crippen LogP contribution < -0.4 is 5.32 Å². The van der Waals surface area contributed by atoms with E-state index < -0.39 is 0 Å². The molecule has 4 nitrogen and oxygen atoms in total. The average molecular weight is 208 g/mol. The normalized spacial score (nSPS) is 18.7. The molecule has 1 N–H and O–H groups in total. The standard InChI is InChI=1S/C11H20N4/c1-8(2)11-13-9(3)15(14-11)10-4-6-12-7-5-10/h8,10,12H,4-7H2,1-3H3. The largest absolute Gasteiger partial charge is 0.317 e. The molecule has 4 heteroatoms. The summed E-state index contributed by atoms with van der Waals surface area (Å²) < 4.78 is 2.12. The van der Waals surface area contributed by atoms with Gasteiger partial charge in [0.25, 0.3) is 0 Å². The highest BCUT2D eigenvalue weighted by Crippen LogP contribution is 2.20. The Bertz CT molecular complexity index is 323. The molecule has 1 saturated heterocycles. The molecule has 0 radical (unpaired) electrons. The maximum Gasteiger partial charge on any atom is 0.153 e. The molecule has 0 amide bonds. The minimum atomic E-state index is 0.423. The first-order chi connectivity index (χ1) is 7.18. The van der Waals surface area contributed by atoms with Crippen molar-refractivity contribution in [1.82, 2.24) is 20.1 Å². The van der Waals surface area contributed by atoms with E-state index >= 15 is 0 Å². The van der Waals surface area contributed by atoms with Crippen molar-refractivity contribution in [3.05, 3.63) is 11.6 Å². The van der Waals surface area contributed by atoms with Gasteiger partial charge in [0.05, 0.1) is 6.04 Å². The summed E-state index contributed by atoms with van der Waals surface area (Å²) in [4.78, 5) is 4.52. The van der Waals surface area contributed by atoms with Crippen LogP contribution in [0, 0.1) is 6.92 Å². The maximum absolute atomic E-state index is 4.61. The number of hydrogen-bond acceptors (Lipinski definition) is 3. The highest BCUT2D eigenvalue weighted by Gasteiger charge is 2.19. The van der Waals surface area contributed by atoms with Crippen LogP contribution in [0.1, 0.15) is 50.3 Å². The molecule has 0 bridgehead atoms. The molecular weight excluding hydrogens is 188 g/mol. The number of hydrogen-bond donors (Lipinski definition) is 1. The highest BCUT2D eigenvalue weighted by atomic mass is 15.4. The average Bonchev–Trinajstić information content (AvgIpc) is 2.62. The second-order valence-corrected chi connectivity index (χ2v) is 4.60. The van der Waals surface area contributed by atoms with Crippen LogP contribution in [0.5, 0.6) is 0 Å². The quantitative estimate of drug-likeness (QED) is 0.803. The van der Waals surface area contributed by atoms with Crippen LogP contribution in [0.3, 0.4) is 0 Å². The molecule has 84 valence electrons. The van der Waals surface area contributed by atoms with Crippen LogP contribution in [-0.4, -0.2) is 27.9 Å². The van der Waals surface area contributed by atoms with E-state index in [0.29, 0.717) is 12.0 Å². The van der Waals surface area contributed by atoms with Crippen LogP contribution in [0.25, 0.3) is 0 Å². The van der Waals surface area contributed by atoms with Crippen molar-refractivity contribution in [1.29, 1.82) is 0 Å². The number of piperidine rings is 1. The summed E-state index contributed by atoms with van der Waals surface area (Å²) in [7, 11) is 0. The van der Waals surface area contributed by atoms with Crippen LogP contribution in [0.2, 0.25) is 0 Å². The van der Waals surface area contributed by atoms with Gasteiger partial charge in [-0.1, -0.05) is 13.8 Å². The second-order valence-electron chi connectivity index (χ2n) is 4.60. The first-order valence-corrected chi connectivity index (χ1v) is 5.82. The summed E-state index contributed by atoms with van der Waals surface area (Å²) in [5, 5.41) is 7.98. The van der Waals surface area contributed by atoms with E-state index in [9.17, 15) is 0 Å². The Hall–Kier alpha value is -0.900. The van der Waals surface area contributed by atoms with Crippen molar-refractivity contribution in [2.45, 2.75) is 45.6 Å². The Morgan fingerprint density at radius 3 is 2.53 bits per heavy atom. The number of aromatic nitrogens is 3. The van der Waals surface area contributed by atoms with Gasteiger partial charge in [-0.3, -0.25) is 0 Å². The summed E-state index contributed by atoms with van der Waals surface area (Å²) in [6, 6.07) is 0.547. The van der Waals surface area contributed by atoms with Crippen molar-refractivity contribution in [2.75, 3.05) is 13.1 Å². The van der Waals surface area contributed by atoms with E-state index in [2.05, 4.69) is 40.9 Å². The van der Waals surface area contributed by atoms with Gasteiger partial charge in [0, 0.05) is 5.92 Å². The van der Waals surface area contributed by atoms with Crippen molar-refractivity contribution in [3.8, 4) is 0 Å². The van der Waals surface area contributed by atoms with Gasteiger partial charge in [-0.25, -0.2) is 9.67 Å². The minimum absolute atomic E-state index is 0.423. The second kappa shape index (κ2) is 4.31. The van der Waals surface area contributed by atoms with Crippen molar-refractivity contribution < 1.29 is 0 Å². The number of nitrogens with zero attached hydrogens (tertiary/aromatic N) is 3. The van der Waals surface area contributed by atoms with Gasteiger partial charge in [0.1, 0.15) is 5.82 Å². The molecule has 0 unspecified atom stereocenters. The van der Waals surface area contributed by atoms with E-state index in [-0.39, 0.29) is 0 Å². The third-order valence-corrected chi connectivity index (χ3v) is 2.99. The first-order valence-electron chi connectivity index (χ1n) is 5.82. The van der Waals surface area contributed by atoms with E-state index in [1.807, 2.05) is 0 Å². The lowest BCUT2D eigenvalue weighted by atomic mass is 10.1. The smallest absolute Gasteiger partial charge is 0.153 e. The molecule has 1 aliphatic heterocycles. The monoisotopic (exact) mass is 208 g/mol.